The molecular weight excluding hydrogens is 238 g/mol. The van der Waals surface area contributed by atoms with E-state index in [1.54, 1.807) is 0 Å². The summed E-state index contributed by atoms with van der Waals surface area (Å²) in [5.41, 5.74) is 3.05. The maximum atomic E-state index is 10.8. The third-order valence-corrected chi connectivity index (χ3v) is 2.13. The fraction of sp³-hybridized carbons (Fsp3) is 0.273. The van der Waals surface area contributed by atoms with Crippen LogP contribution in [0.1, 0.15) is 19.8 Å². The molecule has 96 valence electrons. The number of nitrogens with one attached hydrogen (secondary N) is 1. The van der Waals surface area contributed by atoms with Gasteiger partial charge in [-0.3, -0.25) is 15.5 Å². The van der Waals surface area contributed by atoms with E-state index in [-0.39, 0.29) is 11.4 Å². The first-order valence-electron chi connectivity index (χ1n) is 5.35. The third kappa shape index (κ3) is 3.85. The summed E-state index contributed by atoms with van der Waals surface area (Å²) in [5.74, 6) is -1.08. The molecule has 7 heteroatoms. The molecule has 0 saturated carbocycles. The van der Waals surface area contributed by atoms with Gasteiger partial charge in [-0.05, 0) is 18.6 Å². The first-order chi connectivity index (χ1) is 8.54. The number of non-ortho nitro benzene ring substituents is 1. The molecule has 1 aromatic rings. The molecule has 0 atom stereocenters. The number of hydrogen-bond acceptors (Lipinski definition) is 5. The Kier molecular flexibility index (Phi) is 4.79. The first-order valence-corrected chi connectivity index (χ1v) is 5.35. The number of anilines is 1. The molecule has 0 aliphatic carbocycles. The van der Waals surface area contributed by atoms with E-state index in [4.69, 9.17) is 5.11 Å². The van der Waals surface area contributed by atoms with Crippen molar-refractivity contribution in [3.05, 3.63) is 34.4 Å². The molecular formula is C11H13N3O4. The van der Waals surface area contributed by atoms with Crippen LogP contribution >= 0.6 is 0 Å². The van der Waals surface area contributed by atoms with Gasteiger partial charge in [0.05, 0.1) is 10.6 Å². The normalized spacial score (nSPS) is 11.1. The van der Waals surface area contributed by atoms with E-state index in [2.05, 4.69) is 10.5 Å². The number of carbonyl (C=O) groups is 1. The molecule has 7 nitrogen and oxygen atoms in total. The van der Waals surface area contributed by atoms with Crippen LogP contribution in [0.3, 0.4) is 0 Å². The zero-order valence-corrected chi connectivity index (χ0v) is 9.79. The average molecular weight is 251 g/mol. The van der Waals surface area contributed by atoms with Gasteiger partial charge in [-0.2, -0.15) is 5.10 Å². The topological polar surface area (TPSA) is 105 Å². The quantitative estimate of drug-likeness (QED) is 0.458. The minimum absolute atomic E-state index is 0.0239. The summed E-state index contributed by atoms with van der Waals surface area (Å²) in [6, 6.07) is 5.57. The van der Waals surface area contributed by atoms with E-state index in [9.17, 15) is 14.9 Å². The van der Waals surface area contributed by atoms with Crippen LogP contribution in [0.2, 0.25) is 0 Å². The van der Waals surface area contributed by atoms with Crippen LogP contribution in [0.5, 0.6) is 0 Å². The lowest BCUT2D eigenvalue weighted by Crippen LogP contribution is -2.14. The van der Waals surface area contributed by atoms with E-state index in [1.807, 2.05) is 6.92 Å². The van der Waals surface area contributed by atoms with E-state index in [0.717, 1.165) is 0 Å². The highest BCUT2D eigenvalue weighted by Crippen LogP contribution is 2.15. The van der Waals surface area contributed by atoms with Crippen molar-refractivity contribution in [2.75, 3.05) is 5.43 Å². The molecule has 0 aliphatic heterocycles. The van der Waals surface area contributed by atoms with Gasteiger partial charge in [0.25, 0.3) is 5.69 Å². The van der Waals surface area contributed by atoms with E-state index in [1.165, 1.54) is 24.3 Å². The largest absolute Gasteiger partial charge is 0.477 e. The SMILES string of the molecule is CCC/C(=N/Nc1ccc([N+](=O)[O-])cc1)C(=O)O. The van der Waals surface area contributed by atoms with Crippen molar-refractivity contribution in [1.82, 2.24) is 0 Å². The molecule has 0 radical (unpaired) electrons. The van der Waals surface area contributed by atoms with Crippen LogP contribution in [0.4, 0.5) is 11.4 Å². The smallest absolute Gasteiger partial charge is 0.352 e. The van der Waals surface area contributed by atoms with Crippen molar-refractivity contribution in [1.29, 1.82) is 0 Å². The Balaban J connectivity index is 2.75. The Hall–Kier alpha value is -2.44. The highest BCUT2D eigenvalue weighted by Gasteiger charge is 2.08. The first kappa shape index (κ1) is 13.6. The molecule has 0 spiro atoms. The second kappa shape index (κ2) is 6.33. The maximum absolute atomic E-state index is 10.8. The molecule has 2 N–H and O–H groups in total. The summed E-state index contributed by atoms with van der Waals surface area (Å²) in [4.78, 5) is 20.7. The number of nitro benzene ring substituents is 1. The van der Waals surface area contributed by atoms with Crippen molar-refractivity contribution in [3.63, 3.8) is 0 Å². The number of hydrogen-bond donors (Lipinski definition) is 2. The number of hydrazone groups is 1. The number of carboxylic acids is 1. The number of nitrogens with zero attached hydrogens (tertiary/aromatic N) is 2. The third-order valence-electron chi connectivity index (χ3n) is 2.13. The second-order valence-corrected chi connectivity index (χ2v) is 3.53. The molecule has 0 saturated heterocycles. The Morgan fingerprint density at radius 3 is 2.50 bits per heavy atom. The molecule has 0 fully saturated rings. The van der Waals surface area contributed by atoms with Crippen molar-refractivity contribution in [2.24, 2.45) is 5.10 Å². The Morgan fingerprint density at radius 2 is 2.06 bits per heavy atom. The standard InChI is InChI=1S/C11H13N3O4/c1-2-3-10(11(15)16)13-12-8-4-6-9(7-5-8)14(17)18/h4-7,12H,2-3H2,1H3,(H,15,16)/b13-10-. The van der Waals surface area contributed by atoms with Crippen LogP contribution in [0.15, 0.2) is 29.4 Å². The van der Waals surface area contributed by atoms with Crippen LogP contribution in [0, 0.1) is 10.1 Å². The number of aliphatic carboxylic acids is 1. The van der Waals surface area contributed by atoms with Gasteiger partial charge >= 0.3 is 5.97 Å². The predicted octanol–water partition coefficient (Wildman–Crippen LogP) is 2.25. The molecule has 18 heavy (non-hydrogen) atoms. The van der Waals surface area contributed by atoms with Gasteiger partial charge in [-0.15, -0.1) is 0 Å². The fourth-order valence-electron chi connectivity index (χ4n) is 1.24. The number of nitro groups is 1. The molecule has 1 aromatic carbocycles. The monoisotopic (exact) mass is 251 g/mol. The maximum Gasteiger partial charge on any atom is 0.352 e. The van der Waals surface area contributed by atoms with Gasteiger partial charge in [-0.25, -0.2) is 4.79 Å². The predicted molar refractivity (Wildman–Crippen MR) is 66.7 cm³/mol. The van der Waals surface area contributed by atoms with Gasteiger partial charge in [0.1, 0.15) is 5.71 Å². The average Bonchev–Trinajstić information content (AvgIpc) is 2.34. The second-order valence-electron chi connectivity index (χ2n) is 3.53. The molecule has 1 rings (SSSR count). The molecule has 0 heterocycles. The van der Waals surface area contributed by atoms with Crippen LogP contribution in [-0.4, -0.2) is 21.7 Å². The van der Waals surface area contributed by atoms with Crippen molar-refractivity contribution < 1.29 is 14.8 Å². The van der Waals surface area contributed by atoms with Crippen molar-refractivity contribution in [2.45, 2.75) is 19.8 Å². The van der Waals surface area contributed by atoms with Gasteiger partial charge in [-0.1, -0.05) is 13.3 Å². The summed E-state index contributed by atoms with van der Waals surface area (Å²) in [7, 11) is 0. The summed E-state index contributed by atoms with van der Waals surface area (Å²) in [6.45, 7) is 1.85. The van der Waals surface area contributed by atoms with Gasteiger partial charge in [0, 0.05) is 12.1 Å². The summed E-state index contributed by atoms with van der Waals surface area (Å²) >= 11 is 0. The number of rotatable bonds is 6. The highest BCUT2D eigenvalue weighted by molar-refractivity contribution is 6.35. The molecule has 0 amide bonds. The van der Waals surface area contributed by atoms with E-state index >= 15 is 0 Å². The lowest BCUT2D eigenvalue weighted by molar-refractivity contribution is -0.384. The van der Waals surface area contributed by atoms with Gasteiger partial charge < -0.3 is 5.11 Å². The molecule has 0 unspecified atom stereocenters. The molecule has 0 aliphatic rings. The summed E-state index contributed by atoms with van der Waals surface area (Å²) < 4.78 is 0. The highest BCUT2D eigenvalue weighted by atomic mass is 16.6. The lowest BCUT2D eigenvalue weighted by Gasteiger charge is -2.02. The van der Waals surface area contributed by atoms with Crippen LogP contribution < -0.4 is 5.43 Å². The zero-order chi connectivity index (χ0) is 13.5. The summed E-state index contributed by atoms with van der Waals surface area (Å²) in [6.07, 6.45) is 1.03. The Labute approximate surface area is 103 Å². The van der Waals surface area contributed by atoms with Crippen molar-refractivity contribution in [3.8, 4) is 0 Å². The Bertz CT molecular complexity index is 468. The number of carboxylic acid groups (broad SMARTS) is 1. The minimum Gasteiger partial charge on any atom is -0.477 e. The minimum atomic E-state index is -1.08. The van der Waals surface area contributed by atoms with Gasteiger partial charge in [0.2, 0.25) is 0 Å². The van der Waals surface area contributed by atoms with E-state index < -0.39 is 10.9 Å². The fourth-order valence-corrected chi connectivity index (χ4v) is 1.24. The van der Waals surface area contributed by atoms with Crippen LogP contribution in [0.25, 0.3) is 0 Å². The molecule has 0 bridgehead atoms. The lowest BCUT2D eigenvalue weighted by atomic mass is 10.2. The van der Waals surface area contributed by atoms with E-state index in [0.29, 0.717) is 18.5 Å². The number of benzene rings is 1. The molecule has 0 aromatic heterocycles. The van der Waals surface area contributed by atoms with Crippen molar-refractivity contribution >= 4 is 23.1 Å². The van der Waals surface area contributed by atoms with Gasteiger partial charge in [0.15, 0.2) is 0 Å². The van der Waals surface area contributed by atoms with Crippen LogP contribution in [-0.2, 0) is 4.79 Å². The Morgan fingerprint density at radius 1 is 1.44 bits per heavy atom. The zero-order valence-electron chi connectivity index (χ0n) is 9.79. The summed E-state index contributed by atoms with van der Waals surface area (Å²) in [5, 5.41) is 23.0.